The summed E-state index contributed by atoms with van der Waals surface area (Å²) in [5, 5.41) is 14.1. The molecule has 28 heavy (non-hydrogen) atoms. The fraction of sp³-hybridized carbons (Fsp3) is 0.579. The molecule has 1 fully saturated rings. The number of carbonyl (C=O) groups is 2. The van der Waals surface area contributed by atoms with E-state index < -0.39 is 23.4 Å². The molecule has 0 radical (unpaired) electrons. The monoisotopic (exact) mass is 393 g/mol. The highest BCUT2D eigenvalue weighted by molar-refractivity contribution is 5.93. The number of methoxy groups -OCH3 is 1. The minimum absolute atomic E-state index is 0.0532. The lowest BCUT2D eigenvalue weighted by Gasteiger charge is -2.22. The van der Waals surface area contributed by atoms with Gasteiger partial charge in [-0.25, -0.2) is 4.79 Å². The molecule has 1 amide bonds. The highest BCUT2D eigenvalue weighted by Gasteiger charge is 2.23. The van der Waals surface area contributed by atoms with E-state index >= 15 is 0 Å². The van der Waals surface area contributed by atoms with Crippen molar-refractivity contribution in [3.05, 3.63) is 33.9 Å². The molecule has 9 nitrogen and oxygen atoms in total. The zero-order valence-electron chi connectivity index (χ0n) is 16.1. The lowest BCUT2D eigenvalue weighted by Crippen LogP contribution is -2.30. The van der Waals surface area contributed by atoms with Crippen LogP contribution in [0.4, 0.5) is 11.4 Å². The van der Waals surface area contributed by atoms with E-state index in [1.54, 1.807) is 13.2 Å². The van der Waals surface area contributed by atoms with Crippen molar-refractivity contribution in [2.45, 2.75) is 32.1 Å². The summed E-state index contributed by atoms with van der Waals surface area (Å²) in [5.74, 6) is -1.20. The van der Waals surface area contributed by atoms with Crippen LogP contribution in [-0.2, 0) is 14.3 Å². The van der Waals surface area contributed by atoms with Crippen molar-refractivity contribution in [1.29, 1.82) is 0 Å². The Morgan fingerprint density at radius 3 is 2.57 bits per heavy atom. The number of ether oxygens (including phenoxy) is 2. The predicted octanol–water partition coefficient (Wildman–Crippen LogP) is 2.28. The van der Waals surface area contributed by atoms with Gasteiger partial charge in [-0.1, -0.05) is 12.8 Å². The Balaban J connectivity index is 1.99. The standard InChI is InChI=1S/C19H27N3O6/c1-27-12-6-9-20-18(23)14-28-19(24)15-7-8-16(17(13-15)22(25)26)21-10-4-2-3-5-11-21/h7-8,13H,2-6,9-12,14H2,1H3,(H,20,23). The molecule has 2 rings (SSSR count). The zero-order chi connectivity index (χ0) is 20.4. The van der Waals surface area contributed by atoms with Crippen molar-refractivity contribution in [3.63, 3.8) is 0 Å². The van der Waals surface area contributed by atoms with Crippen LogP contribution in [-0.4, -0.2) is 56.8 Å². The maximum atomic E-state index is 12.2. The largest absolute Gasteiger partial charge is 0.452 e. The van der Waals surface area contributed by atoms with E-state index in [2.05, 4.69) is 5.32 Å². The lowest BCUT2D eigenvalue weighted by atomic mass is 10.1. The summed E-state index contributed by atoms with van der Waals surface area (Å²) < 4.78 is 9.84. The second kappa shape index (κ2) is 11.2. The molecular weight excluding hydrogens is 366 g/mol. The summed E-state index contributed by atoms with van der Waals surface area (Å²) in [6.45, 7) is 2.02. The van der Waals surface area contributed by atoms with Crippen LogP contribution in [0, 0.1) is 10.1 Å². The van der Waals surface area contributed by atoms with Gasteiger partial charge < -0.3 is 19.7 Å². The predicted molar refractivity (Wildman–Crippen MR) is 104 cm³/mol. The third kappa shape index (κ3) is 6.49. The summed E-state index contributed by atoms with van der Waals surface area (Å²) in [4.78, 5) is 36.9. The van der Waals surface area contributed by atoms with E-state index in [-0.39, 0.29) is 11.3 Å². The van der Waals surface area contributed by atoms with Gasteiger partial charge in [0, 0.05) is 39.4 Å². The summed E-state index contributed by atoms with van der Waals surface area (Å²) in [6, 6.07) is 4.32. The van der Waals surface area contributed by atoms with Crippen molar-refractivity contribution >= 4 is 23.3 Å². The van der Waals surface area contributed by atoms with E-state index in [4.69, 9.17) is 9.47 Å². The first-order chi connectivity index (χ1) is 13.5. The Hall–Kier alpha value is -2.68. The van der Waals surface area contributed by atoms with E-state index in [9.17, 15) is 19.7 Å². The molecule has 1 aromatic carbocycles. The second-order valence-electron chi connectivity index (χ2n) is 6.63. The Bertz CT molecular complexity index is 686. The molecule has 1 aromatic rings. The van der Waals surface area contributed by atoms with E-state index in [0.717, 1.165) is 38.8 Å². The molecule has 0 spiro atoms. The van der Waals surface area contributed by atoms with Crippen molar-refractivity contribution in [3.8, 4) is 0 Å². The van der Waals surface area contributed by atoms with Gasteiger partial charge in [-0.2, -0.15) is 0 Å². The first kappa shape index (κ1) is 21.6. The van der Waals surface area contributed by atoms with Crippen molar-refractivity contribution in [2.24, 2.45) is 0 Å². The molecule has 1 heterocycles. The first-order valence-corrected chi connectivity index (χ1v) is 9.49. The van der Waals surface area contributed by atoms with Crippen LogP contribution >= 0.6 is 0 Å². The molecule has 0 atom stereocenters. The van der Waals surface area contributed by atoms with Crippen LogP contribution in [0.3, 0.4) is 0 Å². The summed E-state index contributed by atoms with van der Waals surface area (Å²) in [7, 11) is 1.57. The van der Waals surface area contributed by atoms with Crippen LogP contribution in [0.1, 0.15) is 42.5 Å². The van der Waals surface area contributed by atoms with E-state index in [0.29, 0.717) is 25.3 Å². The fourth-order valence-electron chi connectivity index (χ4n) is 3.09. The maximum Gasteiger partial charge on any atom is 0.338 e. The van der Waals surface area contributed by atoms with Crippen LogP contribution in [0.25, 0.3) is 0 Å². The molecule has 154 valence electrons. The average molecular weight is 393 g/mol. The number of hydrogen-bond donors (Lipinski definition) is 1. The topological polar surface area (TPSA) is 111 Å². The van der Waals surface area contributed by atoms with Gasteiger partial charge in [-0.05, 0) is 31.4 Å². The molecule has 9 heteroatoms. The number of amides is 1. The normalized spacial score (nSPS) is 14.2. The Morgan fingerprint density at radius 2 is 1.93 bits per heavy atom. The summed E-state index contributed by atoms with van der Waals surface area (Å²) in [6.07, 6.45) is 4.85. The van der Waals surface area contributed by atoms with Gasteiger partial charge in [0.1, 0.15) is 5.69 Å². The Morgan fingerprint density at radius 1 is 1.21 bits per heavy atom. The van der Waals surface area contributed by atoms with Crippen molar-refractivity contribution in [2.75, 3.05) is 44.9 Å². The third-order valence-electron chi connectivity index (χ3n) is 4.54. The van der Waals surface area contributed by atoms with Gasteiger partial charge in [0.15, 0.2) is 6.61 Å². The molecule has 1 N–H and O–H groups in total. The maximum absolute atomic E-state index is 12.2. The number of nitro groups is 1. The molecule has 0 aliphatic carbocycles. The van der Waals surface area contributed by atoms with Gasteiger partial charge in [-0.3, -0.25) is 14.9 Å². The number of nitrogens with one attached hydrogen (secondary N) is 1. The van der Waals surface area contributed by atoms with Gasteiger partial charge in [0.05, 0.1) is 10.5 Å². The first-order valence-electron chi connectivity index (χ1n) is 9.49. The number of esters is 1. The van der Waals surface area contributed by atoms with Crippen LogP contribution in [0.5, 0.6) is 0 Å². The summed E-state index contributed by atoms with van der Waals surface area (Å²) in [5.41, 5.74) is 0.442. The molecule has 0 saturated carbocycles. The number of benzene rings is 1. The fourth-order valence-corrected chi connectivity index (χ4v) is 3.09. The Kier molecular flexibility index (Phi) is 8.67. The van der Waals surface area contributed by atoms with Crippen LogP contribution in [0.15, 0.2) is 18.2 Å². The zero-order valence-corrected chi connectivity index (χ0v) is 16.1. The van der Waals surface area contributed by atoms with E-state index in [1.165, 1.54) is 12.1 Å². The number of hydrogen-bond acceptors (Lipinski definition) is 7. The highest BCUT2D eigenvalue weighted by atomic mass is 16.6. The molecule has 0 unspecified atom stereocenters. The average Bonchev–Trinajstić information content (AvgIpc) is 2.98. The van der Waals surface area contributed by atoms with Crippen molar-refractivity contribution in [1.82, 2.24) is 5.32 Å². The molecule has 1 aliphatic rings. The van der Waals surface area contributed by atoms with Crippen molar-refractivity contribution < 1.29 is 24.0 Å². The number of rotatable bonds is 9. The van der Waals surface area contributed by atoms with Gasteiger partial charge >= 0.3 is 5.97 Å². The minimum Gasteiger partial charge on any atom is -0.452 e. The highest BCUT2D eigenvalue weighted by Crippen LogP contribution is 2.31. The molecular formula is C19H27N3O6. The SMILES string of the molecule is COCCCNC(=O)COC(=O)c1ccc(N2CCCCCC2)c([N+](=O)[O-])c1. The van der Waals surface area contributed by atoms with Gasteiger partial charge in [0.25, 0.3) is 11.6 Å². The molecule has 1 aliphatic heterocycles. The van der Waals surface area contributed by atoms with Crippen LogP contribution in [0.2, 0.25) is 0 Å². The van der Waals surface area contributed by atoms with Gasteiger partial charge in [0.2, 0.25) is 0 Å². The van der Waals surface area contributed by atoms with Gasteiger partial charge in [-0.15, -0.1) is 0 Å². The quantitative estimate of drug-likeness (QED) is 0.296. The lowest BCUT2D eigenvalue weighted by molar-refractivity contribution is -0.384. The number of carbonyl (C=O) groups excluding carboxylic acids is 2. The smallest absolute Gasteiger partial charge is 0.338 e. The molecule has 0 aromatic heterocycles. The van der Waals surface area contributed by atoms with E-state index in [1.807, 2.05) is 4.90 Å². The number of anilines is 1. The van der Waals surface area contributed by atoms with Crippen LogP contribution < -0.4 is 10.2 Å². The molecule has 1 saturated heterocycles. The third-order valence-corrected chi connectivity index (χ3v) is 4.54. The summed E-state index contributed by atoms with van der Waals surface area (Å²) >= 11 is 0. The number of nitro benzene ring substituents is 1. The Labute approximate surface area is 164 Å². The minimum atomic E-state index is -0.766. The number of nitrogens with zero attached hydrogens (tertiary/aromatic N) is 2. The molecule has 0 bridgehead atoms. The second-order valence-corrected chi connectivity index (χ2v) is 6.63.